The molecule has 0 atom stereocenters. The molecule has 330 valence electrons. The van der Waals surface area contributed by atoms with Gasteiger partial charge >= 0.3 is 366 Å². The Balaban J connectivity index is 1.81. The number of rotatable bonds is 16. The number of carbonyl (C=O) groups is 4. The van der Waals surface area contributed by atoms with Crippen LogP contribution in [0.3, 0.4) is 0 Å². The van der Waals surface area contributed by atoms with Crippen molar-refractivity contribution in [2.45, 2.75) is 105 Å². The van der Waals surface area contributed by atoms with Crippen LogP contribution in [0, 0.1) is 0 Å². The molecule has 0 amide bonds. The molecule has 4 aromatic carbocycles. The zero-order valence-electron chi connectivity index (χ0n) is 37.4. The fourth-order valence-corrected chi connectivity index (χ4v) is 16.7. The van der Waals surface area contributed by atoms with Gasteiger partial charge in [0.1, 0.15) is 0 Å². The second-order valence-electron chi connectivity index (χ2n) is 18.0. The van der Waals surface area contributed by atoms with E-state index in [1.165, 1.54) is 0 Å². The summed E-state index contributed by atoms with van der Waals surface area (Å²) in [6.07, 6.45) is 0. The molecule has 0 aliphatic rings. The number of carbonyl (C=O) groups excluding carboxylic acids is 4. The van der Waals surface area contributed by atoms with Crippen molar-refractivity contribution in [3.05, 3.63) is 97.1 Å². The van der Waals surface area contributed by atoms with Gasteiger partial charge in [-0.2, -0.15) is 0 Å². The third-order valence-electron chi connectivity index (χ3n) is 7.82. The van der Waals surface area contributed by atoms with Crippen molar-refractivity contribution >= 4 is 56.5 Å². The van der Waals surface area contributed by atoms with Crippen LogP contribution in [0.5, 0.6) is 23.0 Å². The van der Waals surface area contributed by atoms with E-state index >= 15 is 0 Å². The third kappa shape index (κ3) is 15.6. The first kappa shape index (κ1) is 48.4. The third-order valence-corrected chi connectivity index (χ3v) is 19.0. The van der Waals surface area contributed by atoms with E-state index in [-0.39, 0.29) is 26.4 Å². The minimum atomic E-state index is -4.11. The van der Waals surface area contributed by atoms with Crippen molar-refractivity contribution in [1.29, 1.82) is 0 Å². The number of ether oxygens (including phenoxy) is 8. The van der Waals surface area contributed by atoms with E-state index in [0.717, 1.165) is 14.4 Å². The average molecular weight is 957 g/mol. The molecule has 0 N–H and O–H groups in total. The number of benzene rings is 4. The topological polar surface area (TPSA) is 142 Å². The number of hydrogen-bond donors (Lipinski definition) is 0. The molecule has 0 heterocycles. The SMILES string of the molecule is CC(C)(C)OC(=O)COc1ccc([Te](c2ccc(OCC(=O)OC(C)(C)C)cc2)(c2ccc(OCC(=O)OC(C)(C)C)cc2)c2ccc(OCC(=O)OC(C)(C)C)cc2)cc1. The van der Waals surface area contributed by atoms with E-state index in [1.807, 2.05) is 97.1 Å². The molecule has 0 aliphatic heterocycles. The van der Waals surface area contributed by atoms with Crippen LogP contribution in [-0.4, -0.2) is 90.9 Å². The first-order chi connectivity index (χ1) is 28.3. The summed E-state index contributed by atoms with van der Waals surface area (Å²) in [7, 11) is 0. The molecule has 0 aromatic heterocycles. The second-order valence-corrected chi connectivity index (χ2v) is 26.9. The molecule has 0 saturated heterocycles. The zero-order chi connectivity index (χ0) is 45.2. The molecule has 0 spiro atoms. The second kappa shape index (κ2) is 20.1. The summed E-state index contributed by atoms with van der Waals surface area (Å²) in [5.74, 6) is -0.0197. The molecule has 12 nitrogen and oxygen atoms in total. The normalized spacial score (nSPS) is 12.4. The van der Waals surface area contributed by atoms with Gasteiger partial charge in [0, 0.05) is 0 Å². The van der Waals surface area contributed by atoms with Gasteiger partial charge in [-0.25, -0.2) is 0 Å². The van der Waals surface area contributed by atoms with E-state index in [0.29, 0.717) is 23.0 Å². The monoisotopic (exact) mass is 958 g/mol. The molecule has 61 heavy (non-hydrogen) atoms. The van der Waals surface area contributed by atoms with Gasteiger partial charge in [0.2, 0.25) is 0 Å². The summed E-state index contributed by atoms with van der Waals surface area (Å²) in [6, 6.07) is 30.6. The van der Waals surface area contributed by atoms with E-state index in [1.54, 1.807) is 83.1 Å². The Morgan fingerprint density at radius 1 is 0.328 bits per heavy atom. The predicted octanol–water partition coefficient (Wildman–Crippen LogP) is 5.95. The van der Waals surface area contributed by atoms with Gasteiger partial charge in [-0.15, -0.1) is 0 Å². The summed E-state index contributed by atoms with van der Waals surface area (Å²) in [6.45, 7) is 20.5. The summed E-state index contributed by atoms with van der Waals surface area (Å²) < 4.78 is 49.2. The predicted molar refractivity (Wildman–Crippen MR) is 235 cm³/mol. The first-order valence-corrected chi connectivity index (χ1v) is 24.6. The standard InChI is InChI=1S/C48H60O12Te/c1-45(2,3)57-41(49)29-53-33-13-21-37(22-14-33)61(38-23-15-34(16-24-38)54-30-42(50)58-46(4,5)6,39-25-17-35(18-26-39)55-31-43(51)59-47(7,8)9)40-27-19-36(20-28-40)56-32-44(52)60-48(10,11)12/h13-28H,29-32H2,1-12H3. The van der Waals surface area contributed by atoms with Crippen LogP contribution in [0.1, 0.15) is 83.1 Å². The van der Waals surface area contributed by atoms with Gasteiger partial charge in [0.25, 0.3) is 0 Å². The molecule has 4 aromatic rings. The zero-order valence-corrected chi connectivity index (χ0v) is 39.7. The molecular formula is C48H60O12Te. The Kier molecular flexibility index (Phi) is 15.9. The quantitative estimate of drug-likeness (QED) is 0.0745. The summed E-state index contributed by atoms with van der Waals surface area (Å²) in [4.78, 5) is 49.9. The minimum absolute atomic E-state index is 0.260. The first-order valence-electron chi connectivity index (χ1n) is 19.9. The van der Waals surface area contributed by atoms with Crippen LogP contribution >= 0.6 is 0 Å². The van der Waals surface area contributed by atoms with Gasteiger partial charge in [-0.05, 0) is 0 Å². The van der Waals surface area contributed by atoms with Crippen LogP contribution in [-0.2, 0) is 38.1 Å². The van der Waals surface area contributed by atoms with Gasteiger partial charge < -0.3 is 0 Å². The molecule has 0 bridgehead atoms. The Labute approximate surface area is 363 Å². The Morgan fingerprint density at radius 3 is 0.639 bits per heavy atom. The molecule has 0 saturated carbocycles. The molecular weight excluding hydrogens is 896 g/mol. The van der Waals surface area contributed by atoms with Crippen molar-refractivity contribution in [3.63, 3.8) is 0 Å². The maximum absolute atomic E-state index is 12.5. The number of esters is 4. The summed E-state index contributed by atoms with van der Waals surface area (Å²) >= 11 is -4.11. The Bertz CT molecular complexity index is 1770. The summed E-state index contributed by atoms with van der Waals surface area (Å²) in [5.41, 5.74) is -2.61. The van der Waals surface area contributed by atoms with Gasteiger partial charge in [-0.1, -0.05) is 0 Å². The van der Waals surface area contributed by atoms with Crippen LogP contribution < -0.4 is 33.4 Å². The van der Waals surface area contributed by atoms with Crippen LogP contribution in [0.25, 0.3) is 0 Å². The molecule has 0 unspecified atom stereocenters. The van der Waals surface area contributed by atoms with Crippen molar-refractivity contribution in [3.8, 4) is 23.0 Å². The van der Waals surface area contributed by atoms with Gasteiger partial charge in [0.05, 0.1) is 0 Å². The Hall–Kier alpha value is -5.25. The van der Waals surface area contributed by atoms with Gasteiger partial charge in [-0.3, -0.25) is 0 Å². The summed E-state index contributed by atoms with van der Waals surface area (Å²) in [5, 5.41) is 0. The fourth-order valence-electron chi connectivity index (χ4n) is 5.83. The van der Waals surface area contributed by atoms with E-state index in [4.69, 9.17) is 37.9 Å². The van der Waals surface area contributed by atoms with Crippen LogP contribution in [0.15, 0.2) is 97.1 Å². The van der Waals surface area contributed by atoms with E-state index in [2.05, 4.69) is 0 Å². The number of hydrogen-bond acceptors (Lipinski definition) is 12. The van der Waals surface area contributed by atoms with Gasteiger partial charge in [0.15, 0.2) is 0 Å². The maximum atomic E-state index is 12.5. The van der Waals surface area contributed by atoms with Crippen molar-refractivity contribution in [2.24, 2.45) is 0 Å². The van der Waals surface area contributed by atoms with Crippen molar-refractivity contribution in [1.82, 2.24) is 0 Å². The Morgan fingerprint density at radius 2 is 0.492 bits per heavy atom. The average Bonchev–Trinajstić information content (AvgIpc) is 3.14. The van der Waals surface area contributed by atoms with E-state index in [9.17, 15) is 19.2 Å². The van der Waals surface area contributed by atoms with Crippen molar-refractivity contribution < 1.29 is 57.1 Å². The van der Waals surface area contributed by atoms with E-state index < -0.39 is 64.5 Å². The molecule has 13 heteroatoms. The molecule has 0 aliphatic carbocycles. The van der Waals surface area contributed by atoms with Crippen LogP contribution in [0.4, 0.5) is 0 Å². The van der Waals surface area contributed by atoms with Crippen molar-refractivity contribution in [2.75, 3.05) is 26.4 Å². The fraction of sp³-hybridized carbons (Fsp3) is 0.417. The molecule has 0 fully saturated rings. The van der Waals surface area contributed by atoms with Crippen LogP contribution in [0.2, 0.25) is 0 Å². The molecule has 4 rings (SSSR count). The molecule has 0 radical (unpaired) electrons.